The van der Waals surface area contributed by atoms with Crippen molar-refractivity contribution < 1.29 is 9.90 Å². The zero-order valence-corrected chi connectivity index (χ0v) is 15.4. The highest BCUT2D eigenvalue weighted by molar-refractivity contribution is 5.74. The molecule has 1 saturated heterocycles. The maximum atomic E-state index is 12.4. The van der Waals surface area contributed by atoms with Crippen LogP contribution in [0.5, 0.6) is 0 Å². The van der Waals surface area contributed by atoms with E-state index in [0.29, 0.717) is 18.4 Å². The summed E-state index contributed by atoms with van der Waals surface area (Å²) in [4.78, 5) is 14.9. The van der Waals surface area contributed by atoms with Gasteiger partial charge in [0.2, 0.25) is 0 Å². The molecule has 1 heterocycles. The van der Waals surface area contributed by atoms with Gasteiger partial charge in [0.15, 0.2) is 0 Å². The molecule has 2 amide bonds. The van der Waals surface area contributed by atoms with E-state index in [1.165, 1.54) is 51.5 Å². The van der Waals surface area contributed by atoms with Crippen LogP contribution in [0.1, 0.15) is 71.1 Å². The predicted octanol–water partition coefficient (Wildman–Crippen LogP) is 2.88. The van der Waals surface area contributed by atoms with Crippen LogP contribution in [0.25, 0.3) is 0 Å². The largest absolute Gasteiger partial charge is 0.396 e. The number of hydrogen-bond acceptors (Lipinski definition) is 3. The first kappa shape index (κ1) is 19.5. The third-order valence-corrected chi connectivity index (χ3v) is 5.73. The van der Waals surface area contributed by atoms with Crippen molar-refractivity contribution in [3.05, 3.63) is 0 Å². The van der Waals surface area contributed by atoms with E-state index in [4.69, 9.17) is 0 Å². The van der Waals surface area contributed by atoms with Crippen LogP contribution in [-0.4, -0.2) is 54.4 Å². The lowest BCUT2D eigenvalue weighted by Gasteiger charge is -2.34. The minimum Gasteiger partial charge on any atom is -0.396 e. The molecule has 1 atom stereocenters. The van der Waals surface area contributed by atoms with Gasteiger partial charge in [0, 0.05) is 31.8 Å². The van der Waals surface area contributed by atoms with E-state index in [-0.39, 0.29) is 18.7 Å². The van der Waals surface area contributed by atoms with E-state index in [9.17, 15) is 9.90 Å². The predicted molar refractivity (Wildman–Crippen MR) is 98.1 cm³/mol. The molecule has 2 aliphatic rings. The van der Waals surface area contributed by atoms with E-state index in [1.807, 2.05) is 0 Å². The minimum atomic E-state index is -0.0361. The van der Waals surface area contributed by atoms with Gasteiger partial charge in [-0.3, -0.25) is 0 Å². The number of rotatable bonds is 8. The number of unbranched alkanes of at least 4 members (excludes halogenated alkanes) is 1. The number of amides is 2. The topological polar surface area (TPSA) is 64.6 Å². The molecular formula is C19H37N3O2. The highest BCUT2D eigenvalue weighted by Crippen LogP contribution is 2.27. The minimum absolute atomic E-state index is 0.0361. The van der Waals surface area contributed by atoms with Gasteiger partial charge in [0.1, 0.15) is 0 Å². The molecule has 140 valence electrons. The second-order valence-corrected chi connectivity index (χ2v) is 7.60. The van der Waals surface area contributed by atoms with Gasteiger partial charge in [-0.05, 0) is 51.0 Å². The molecule has 1 aliphatic carbocycles. The summed E-state index contributed by atoms with van der Waals surface area (Å²) in [7, 11) is 0. The second kappa shape index (κ2) is 10.9. The molecule has 0 radical (unpaired) electrons. The van der Waals surface area contributed by atoms with Gasteiger partial charge in [0.25, 0.3) is 0 Å². The normalized spacial score (nSPS) is 22.2. The number of carbonyl (C=O) groups excluding carboxylic acids is 1. The van der Waals surface area contributed by atoms with E-state index in [1.54, 1.807) is 0 Å². The van der Waals surface area contributed by atoms with Crippen molar-refractivity contribution in [1.82, 2.24) is 15.5 Å². The van der Waals surface area contributed by atoms with Crippen LogP contribution in [0.2, 0.25) is 0 Å². The maximum Gasteiger partial charge on any atom is 0.315 e. The molecule has 0 bridgehead atoms. The van der Waals surface area contributed by atoms with Crippen LogP contribution in [0.15, 0.2) is 0 Å². The number of urea groups is 1. The van der Waals surface area contributed by atoms with Gasteiger partial charge in [-0.1, -0.05) is 32.6 Å². The van der Waals surface area contributed by atoms with Crippen molar-refractivity contribution in [2.75, 3.05) is 26.2 Å². The van der Waals surface area contributed by atoms with Crippen molar-refractivity contribution in [2.45, 2.75) is 83.2 Å². The van der Waals surface area contributed by atoms with E-state index >= 15 is 0 Å². The fourth-order valence-electron chi connectivity index (χ4n) is 4.18. The standard InChI is InChI=1S/C19H37N3O2/c1-2-3-12-22-13-9-17(10-14-22)20-19(24)21-18(11-15-23)16-7-5-4-6-8-16/h16-18,23H,2-15H2,1H3,(H2,20,21,24). The van der Waals surface area contributed by atoms with Gasteiger partial charge < -0.3 is 20.6 Å². The molecule has 1 aliphatic heterocycles. The number of carbonyl (C=O) groups is 1. The second-order valence-electron chi connectivity index (χ2n) is 7.60. The first-order valence-electron chi connectivity index (χ1n) is 10.1. The number of piperidine rings is 1. The van der Waals surface area contributed by atoms with Gasteiger partial charge in [-0.2, -0.15) is 0 Å². The summed E-state index contributed by atoms with van der Waals surface area (Å²) in [5.74, 6) is 0.535. The molecule has 3 N–H and O–H groups in total. The van der Waals surface area contributed by atoms with Crippen LogP contribution >= 0.6 is 0 Å². The van der Waals surface area contributed by atoms with Crippen molar-refractivity contribution in [1.29, 1.82) is 0 Å². The van der Waals surface area contributed by atoms with Gasteiger partial charge in [-0.25, -0.2) is 4.79 Å². The summed E-state index contributed by atoms with van der Waals surface area (Å²) < 4.78 is 0. The van der Waals surface area contributed by atoms with Crippen molar-refractivity contribution in [2.24, 2.45) is 5.92 Å². The van der Waals surface area contributed by atoms with Crippen molar-refractivity contribution >= 4 is 6.03 Å². The summed E-state index contributed by atoms with van der Waals surface area (Å²) in [5.41, 5.74) is 0. The van der Waals surface area contributed by atoms with E-state index < -0.39 is 0 Å². The number of likely N-dealkylation sites (tertiary alicyclic amines) is 1. The van der Waals surface area contributed by atoms with Crippen molar-refractivity contribution in [3.8, 4) is 0 Å². The molecule has 0 spiro atoms. The molecule has 0 aromatic rings. The van der Waals surface area contributed by atoms with Crippen LogP contribution in [0.4, 0.5) is 4.79 Å². The monoisotopic (exact) mass is 339 g/mol. The number of hydrogen-bond donors (Lipinski definition) is 3. The first-order valence-corrected chi connectivity index (χ1v) is 10.1. The smallest absolute Gasteiger partial charge is 0.315 e. The molecule has 0 aromatic heterocycles. The Morgan fingerprint density at radius 1 is 1.17 bits per heavy atom. The molecular weight excluding hydrogens is 302 g/mol. The van der Waals surface area contributed by atoms with Gasteiger partial charge in [0.05, 0.1) is 0 Å². The van der Waals surface area contributed by atoms with E-state index in [2.05, 4.69) is 22.5 Å². The van der Waals surface area contributed by atoms with Crippen LogP contribution in [-0.2, 0) is 0 Å². The summed E-state index contributed by atoms with van der Waals surface area (Å²) in [6.45, 7) is 5.75. The van der Waals surface area contributed by atoms with Crippen LogP contribution in [0, 0.1) is 5.92 Å². The third-order valence-electron chi connectivity index (χ3n) is 5.73. The van der Waals surface area contributed by atoms with Crippen LogP contribution in [0.3, 0.4) is 0 Å². The number of nitrogens with zero attached hydrogens (tertiary/aromatic N) is 1. The molecule has 2 fully saturated rings. The summed E-state index contributed by atoms with van der Waals surface area (Å²) >= 11 is 0. The molecule has 1 saturated carbocycles. The Morgan fingerprint density at radius 3 is 2.50 bits per heavy atom. The average molecular weight is 340 g/mol. The Hall–Kier alpha value is -0.810. The Bertz CT molecular complexity index is 351. The summed E-state index contributed by atoms with van der Waals surface area (Å²) in [6, 6.07) is 0.384. The lowest BCUT2D eigenvalue weighted by Crippen LogP contribution is -2.51. The van der Waals surface area contributed by atoms with Gasteiger partial charge in [-0.15, -0.1) is 0 Å². The SMILES string of the molecule is CCCCN1CCC(NC(=O)NC(CCO)C2CCCCC2)CC1. The lowest BCUT2D eigenvalue weighted by atomic mass is 9.83. The lowest BCUT2D eigenvalue weighted by molar-refractivity contribution is 0.179. The zero-order valence-electron chi connectivity index (χ0n) is 15.4. The van der Waals surface area contributed by atoms with E-state index in [0.717, 1.165) is 25.9 Å². The first-order chi connectivity index (χ1) is 11.7. The molecule has 2 rings (SSSR count). The molecule has 0 aromatic carbocycles. The molecule has 5 nitrogen and oxygen atoms in total. The van der Waals surface area contributed by atoms with Crippen molar-refractivity contribution in [3.63, 3.8) is 0 Å². The fourth-order valence-corrected chi connectivity index (χ4v) is 4.18. The number of nitrogens with one attached hydrogen (secondary N) is 2. The molecule has 1 unspecified atom stereocenters. The Balaban J connectivity index is 1.71. The number of aliphatic hydroxyl groups excluding tert-OH is 1. The fraction of sp³-hybridized carbons (Fsp3) is 0.947. The Labute approximate surface area is 147 Å². The highest BCUT2D eigenvalue weighted by Gasteiger charge is 2.26. The quantitative estimate of drug-likeness (QED) is 0.637. The average Bonchev–Trinajstić information content (AvgIpc) is 2.61. The van der Waals surface area contributed by atoms with Gasteiger partial charge >= 0.3 is 6.03 Å². The Morgan fingerprint density at radius 2 is 1.88 bits per heavy atom. The zero-order chi connectivity index (χ0) is 17.2. The third kappa shape index (κ3) is 6.60. The highest BCUT2D eigenvalue weighted by atomic mass is 16.3. The molecule has 5 heteroatoms. The maximum absolute atomic E-state index is 12.4. The Kier molecular flexibility index (Phi) is 8.89. The summed E-state index contributed by atoms with van der Waals surface area (Å²) in [6.07, 6.45) is 11.5. The molecule has 24 heavy (non-hydrogen) atoms. The van der Waals surface area contributed by atoms with Crippen LogP contribution < -0.4 is 10.6 Å². The number of aliphatic hydroxyl groups is 1. The summed E-state index contributed by atoms with van der Waals surface area (Å²) in [5, 5.41) is 15.6.